The van der Waals surface area contributed by atoms with Gasteiger partial charge >= 0.3 is 0 Å². The van der Waals surface area contributed by atoms with Crippen molar-refractivity contribution in [2.75, 3.05) is 0 Å². The summed E-state index contributed by atoms with van der Waals surface area (Å²) in [5.74, 6) is 0. The number of hydrogen-bond acceptors (Lipinski definition) is 3. The van der Waals surface area contributed by atoms with Crippen LogP contribution in [0.5, 0.6) is 0 Å². The lowest BCUT2D eigenvalue weighted by Gasteiger charge is -2.09. The van der Waals surface area contributed by atoms with E-state index in [-0.39, 0.29) is 0 Å². The second kappa shape index (κ2) is 4.94. The lowest BCUT2D eigenvalue weighted by molar-refractivity contribution is 1.24. The number of rotatable bonds is 1. The zero-order valence-corrected chi connectivity index (χ0v) is 11.7. The van der Waals surface area contributed by atoms with Crippen molar-refractivity contribution in [3.05, 3.63) is 72.4 Å². The molecule has 0 saturated heterocycles. The number of nitrogens with zero attached hydrogens (tertiary/aromatic N) is 3. The van der Waals surface area contributed by atoms with Crippen LogP contribution in [0.3, 0.4) is 0 Å². The van der Waals surface area contributed by atoms with E-state index in [9.17, 15) is 0 Å². The fourth-order valence-corrected chi connectivity index (χ4v) is 2.73. The van der Waals surface area contributed by atoms with Gasteiger partial charge in [0, 0.05) is 10.8 Å². The maximum Gasteiger partial charge on any atom is 0.141 e. The van der Waals surface area contributed by atoms with Gasteiger partial charge in [0.25, 0.3) is 0 Å². The van der Waals surface area contributed by atoms with Crippen molar-refractivity contribution in [1.82, 2.24) is 9.97 Å². The molecule has 0 saturated carbocycles. The summed E-state index contributed by atoms with van der Waals surface area (Å²) in [6, 6.07) is 23.8. The summed E-state index contributed by atoms with van der Waals surface area (Å²) in [6.07, 6.45) is 0. The van der Waals surface area contributed by atoms with Crippen LogP contribution < -0.4 is 0 Å². The van der Waals surface area contributed by atoms with Crippen LogP contribution in [0.2, 0.25) is 0 Å². The van der Waals surface area contributed by atoms with Gasteiger partial charge in [-0.3, -0.25) is 0 Å². The Kier molecular flexibility index (Phi) is 2.80. The maximum absolute atomic E-state index is 9.06. The molecule has 0 spiro atoms. The van der Waals surface area contributed by atoms with Crippen molar-refractivity contribution in [1.29, 1.82) is 5.26 Å². The summed E-state index contributed by atoms with van der Waals surface area (Å²) >= 11 is 0. The van der Waals surface area contributed by atoms with E-state index >= 15 is 0 Å². The summed E-state index contributed by atoms with van der Waals surface area (Å²) in [5.41, 5.74) is 2.87. The molecule has 0 radical (unpaired) electrons. The van der Waals surface area contributed by atoms with Gasteiger partial charge in [-0.2, -0.15) is 5.26 Å². The van der Waals surface area contributed by atoms with Crippen LogP contribution in [0, 0.1) is 11.3 Å². The van der Waals surface area contributed by atoms with Crippen molar-refractivity contribution in [2.45, 2.75) is 0 Å². The molecule has 3 heteroatoms. The Bertz CT molecular complexity index is 1050. The van der Waals surface area contributed by atoms with Crippen LogP contribution in [-0.2, 0) is 0 Å². The van der Waals surface area contributed by atoms with Crippen LogP contribution in [0.4, 0.5) is 0 Å². The number of nitriles is 1. The minimum absolute atomic E-state index is 0.400. The van der Waals surface area contributed by atoms with Crippen molar-refractivity contribution in [3.63, 3.8) is 0 Å². The second-order valence-corrected chi connectivity index (χ2v) is 5.04. The van der Waals surface area contributed by atoms with Gasteiger partial charge in [-0.15, -0.1) is 0 Å². The Morgan fingerprint density at radius 3 is 2.23 bits per heavy atom. The topological polar surface area (TPSA) is 49.6 Å². The zero-order valence-electron chi connectivity index (χ0n) is 11.7. The molecular formula is C19H11N3. The quantitative estimate of drug-likeness (QED) is 0.488. The van der Waals surface area contributed by atoms with E-state index in [1.54, 1.807) is 6.07 Å². The molecule has 22 heavy (non-hydrogen) atoms. The number of fused-ring (bicyclic) bond motifs is 3. The van der Waals surface area contributed by atoms with Gasteiger partial charge in [0.15, 0.2) is 0 Å². The van der Waals surface area contributed by atoms with Gasteiger partial charge in [0.1, 0.15) is 11.8 Å². The number of benzene rings is 2. The summed E-state index contributed by atoms with van der Waals surface area (Å²) in [5, 5.41) is 12.4. The molecule has 4 aromatic rings. The highest BCUT2D eigenvalue weighted by Crippen LogP contribution is 2.31. The van der Waals surface area contributed by atoms with Crippen molar-refractivity contribution in [2.24, 2.45) is 0 Å². The second-order valence-electron chi connectivity index (χ2n) is 5.04. The third-order valence-electron chi connectivity index (χ3n) is 3.71. The molecule has 0 aliphatic heterocycles. The number of pyridine rings is 2. The Labute approximate surface area is 127 Å². The van der Waals surface area contributed by atoms with E-state index in [1.807, 2.05) is 48.5 Å². The number of aromatic nitrogens is 2. The van der Waals surface area contributed by atoms with Gasteiger partial charge in [-0.05, 0) is 23.6 Å². The van der Waals surface area contributed by atoms with Crippen LogP contribution in [0.1, 0.15) is 5.69 Å². The maximum atomic E-state index is 9.06. The smallest absolute Gasteiger partial charge is 0.141 e. The average molecular weight is 281 g/mol. The summed E-state index contributed by atoms with van der Waals surface area (Å²) in [7, 11) is 0. The monoisotopic (exact) mass is 281 g/mol. The zero-order chi connectivity index (χ0) is 14.9. The molecule has 0 fully saturated rings. The highest BCUT2D eigenvalue weighted by Gasteiger charge is 2.11. The first-order valence-electron chi connectivity index (χ1n) is 7.02. The summed E-state index contributed by atoms with van der Waals surface area (Å²) in [6.45, 7) is 0. The molecule has 0 aliphatic carbocycles. The number of para-hydroxylation sites is 1. The van der Waals surface area contributed by atoms with Gasteiger partial charge in [-0.1, -0.05) is 48.5 Å². The van der Waals surface area contributed by atoms with Gasteiger partial charge < -0.3 is 0 Å². The number of hydrogen-bond donors (Lipinski definition) is 0. The van der Waals surface area contributed by atoms with Gasteiger partial charge in [-0.25, -0.2) is 9.97 Å². The SMILES string of the molecule is N#Cc1cccc(-c2nc3ccccc3c3ccccc23)n1. The lowest BCUT2D eigenvalue weighted by Crippen LogP contribution is -1.93. The largest absolute Gasteiger partial charge is 0.245 e. The fourth-order valence-electron chi connectivity index (χ4n) is 2.73. The highest BCUT2D eigenvalue weighted by molar-refractivity contribution is 6.10. The molecule has 0 atom stereocenters. The van der Waals surface area contributed by atoms with E-state index in [0.717, 1.165) is 33.1 Å². The predicted octanol–water partition coefficient (Wildman–Crippen LogP) is 4.32. The van der Waals surface area contributed by atoms with Crippen LogP contribution in [-0.4, -0.2) is 9.97 Å². The molecule has 3 nitrogen and oxygen atoms in total. The first kappa shape index (κ1) is 12.5. The standard InChI is InChI=1S/C19H11N3/c20-12-13-6-5-11-18(21-13)19-16-9-2-1-7-14(16)15-8-3-4-10-17(15)22-19/h1-11H. The molecule has 0 amide bonds. The predicted molar refractivity (Wildman–Crippen MR) is 87.2 cm³/mol. The highest BCUT2D eigenvalue weighted by atomic mass is 14.8. The first-order chi connectivity index (χ1) is 10.9. The van der Waals surface area contributed by atoms with Gasteiger partial charge in [0.2, 0.25) is 0 Å². The first-order valence-corrected chi connectivity index (χ1v) is 7.02. The normalized spacial score (nSPS) is 10.7. The summed E-state index contributed by atoms with van der Waals surface area (Å²) < 4.78 is 0. The van der Waals surface area contributed by atoms with E-state index in [1.165, 1.54) is 0 Å². The average Bonchev–Trinajstić information content (AvgIpc) is 2.61. The Morgan fingerprint density at radius 1 is 0.682 bits per heavy atom. The third-order valence-corrected chi connectivity index (χ3v) is 3.71. The molecule has 2 heterocycles. The van der Waals surface area contributed by atoms with E-state index in [0.29, 0.717) is 5.69 Å². The minimum Gasteiger partial charge on any atom is -0.245 e. The van der Waals surface area contributed by atoms with Crippen molar-refractivity contribution >= 4 is 21.7 Å². The van der Waals surface area contributed by atoms with Gasteiger partial charge in [0.05, 0.1) is 16.9 Å². The Balaban J connectivity index is 2.14. The Morgan fingerprint density at radius 2 is 1.41 bits per heavy atom. The van der Waals surface area contributed by atoms with E-state index in [2.05, 4.69) is 23.2 Å². The molecule has 102 valence electrons. The van der Waals surface area contributed by atoms with Crippen LogP contribution in [0.25, 0.3) is 33.1 Å². The lowest BCUT2D eigenvalue weighted by atomic mass is 10.0. The van der Waals surface area contributed by atoms with Crippen molar-refractivity contribution < 1.29 is 0 Å². The molecular weight excluding hydrogens is 270 g/mol. The van der Waals surface area contributed by atoms with Crippen LogP contribution in [0.15, 0.2) is 66.7 Å². The molecule has 2 aromatic carbocycles. The van der Waals surface area contributed by atoms with Crippen molar-refractivity contribution in [3.8, 4) is 17.5 Å². The molecule has 0 N–H and O–H groups in total. The molecule has 0 unspecified atom stereocenters. The Hall–Kier alpha value is -3.25. The molecule has 0 aliphatic rings. The molecule has 2 aromatic heterocycles. The molecule has 0 bridgehead atoms. The fraction of sp³-hybridized carbons (Fsp3) is 0. The van der Waals surface area contributed by atoms with E-state index < -0.39 is 0 Å². The minimum atomic E-state index is 0.400. The van der Waals surface area contributed by atoms with Crippen LogP contribution >= 0.6 is 0 Å². The summed E-state index contributed by atoms with van der Waals surface area (Å²) in [4.78, 5) is 9.17. The third kappa shape index (κ3) is 1.90. The molecule has 4 rings (SSSR count). The van der Waals surface area contributed by atoms with E-state index in [4.69, 9.17) is 10.2 Å².